The summed E-state index contributed by atoms with van der Waals surface area (Å²) in [4.78, 5) is 0.518. The molecule has 2 aliphatic rings. The van der Waals surface area contributed by atoms with Crippen molar-refractivity contribution in [2.45, 2.75) is 18.2 Å². The van der Waals surface area contributed by atoms with E-state index in [2.05, 4.69) is 6.92 Å². The summed E-state index contributed by atoms with van der Waals surface area (Å²) >= 11 is 0. The summed E-state index contributed by atoms with van der Waals surface area (Å²) in [5.41, 5.74) is 0.988. The van der Waals surface area contributed by atoms with E-state index >= 15 is 0 Å². The maximum atomic E-state index is 12.4. The maximum Gasteiger partial charge on any atom is 0.243 e. The Balaban J connectivity index is 2.21. The molecule has 1 fully saturated rings. The Morgan fingerprint density at radius 3 is 2.81 bits per heavy atom. The lowest BCUT2D eigenvalue weighted by Crippen LogP contribution is -2.28. The number of rotatable bonds is 0. The van der Waals surface area contributed by atoms with Gasteiger partial charge in [-0.15, -0.1) is 0 Å². The Morgan fingerprint density at radius 1 is 1.25 bits per heavy atom. The molecule has 86 valence electrons. The monoisotopic (exact) mass is 237 g/mol. The first-order valence-electron chi connectivity index (χ1n) is 5.67. The molecule has 3 nitrogen and oxygen atoms in total. The summed E-state index contributed by atoms with van der Waals surface area (Å²) in [5, 5.41) is 0. The first-order valence-corrected chi connectivity index (χ1v) is 7.11. The van der Waals surface area contributed by atoms with Crippen molar-refractivity contribution in [1.82, 2.24) is 4.31 Å². The van der Waals surface area contributed by atoms with E-state index in [0.29, 0.717) is 29.8 Å². The smallest absolute Gasteiger partial charge is 0.207 e. The van der Waals surface area contributed by atoms with Crippen LogP contribution in [0.5, 0.6) is 0 Å². The van der Waals surface area contributed by atoms with Crippen LogP contribution in [0.4, 0.5) is 0 Å². The van der Waals surface area contributed by atoms with Crippen molar-refractivity contribution < 1.29 is 8.42 Å². The number of sulfonamides is 1. The molecule has 0 spiro atoms. The molecule has 3 rings (SSSR count). The second-order valence-electron chi connectivity index (χ2n) is 4.87. The van der Waals surface area contributed by atoms with Gasteiger partial charge in [-0.1, -0.05) is 25.1 Å². The lowest BCUT2D eigenvalue weighted by molar-refractivity contribution is 0.448. The van der Waals surface area contributed by atoms with Crippen molar-refractivity contribution in [3.8, 4) is 0 Å². The van der Waals surface area contributed by atoms with Gasteiger partial charge < -0.3 is 0 Å². The molecule has 0 saturated carbocycles. The van der Waals surface area contributed by atoms with Crippen LogP contribution in [0.3, 0.4) is 0 Å². The van der Waals surface area contributed by atoms with E-state index in [0.717, 1.165) is 12.0 Å². The van der Waals surface area contributed by atoms with Crippen LogP contribution in [0, 0.1) is 11.8 Å². The summed E-state index contributed by atoms with van der Waals surface area (Å²) in [5.74, 6) is 0.960. The van der Waals surface area contributed by atoms with Crippen LogP contribution < -0.4 is 0 Å². The van der Waals surface area contributed by atoms with Crippen molar-refractivity contribution in [2.24, 2.45) is 11.8 Å². The van der Waals surface area contributed by atoms with E-state index in [1.165, 1.54) is 0 Å². The van der Waals surface area contributed by atoms with Crippen LogP contribution in [-0.4, -0.2) is 25.8 Å². The standard InChI is InChI=1S/C12H15NO2S/c1-9-7-13-8-11(9)6-10-4-2-3-5-12(10)16(13,14)15/h2-5,9,11H,6-8H2,1H3/t9-,11+/m0/s1. The lowest BCUT2D eigenvalue weighted by Gasteiger charge is -2.18. The van der Waals surface area contributed by atoms with Crippen LogP contribution in [0.1, 0.15) is 12.5 Å². The highest BCUT2D eigenvalue weighted by molar-refractivity contribution is 7.89. The first kappa shape index (κ1) is 10.3. The van der Waals surface area contributed by atoms with Gasteiger partial charge in [0, 0.05) is 13.1 Å². The van der Waals surface area contributed by atoms with Crippen molar-refractivity contribution in [1.29, 1.82) is 0 Å². The summed E-state index contributed by atoms with van der Waals surface area (Å²) in [6.07, 6.45) is 0.896. The van der Waals surface area contributed by atoms with E-state index in [1.807, 2.05) is 12.1 Å². The molecular weight excluding hydrogens is 222 g/mol. The van der Waals surface area contributed by atoms with Crippen molar-refractivity contribution >= 4 is 10.0 Å². The Morgan fingerprint density at radius 2 is 2.00 bits per heavy atom. The molecule has 2 bridgehead atoms. The molecule has 2 aliphatic heterocycles. The molecule has 0 aliphatic carbocycles. The molecule has 4 heteroatoms. The summed E-state index contributed by atoms with van der Waals surface area (Å²) in [7, 11) is -3.23. The fourth-order valence-electron chi connectivity index (χ4n) is 2.79. The molecule has 2 heterocycles. The van der Waals surface area contributed by atoms with Gasteiger partial charge in [-0.25, -0.2) is 8.42 Å². The molecule has 0 radical (unpaired) electrons. The van der Waals surface area contributed by atoms with E-state index in [9.17, 15) is 8.42 Å². The van der Waals surface area contributed by atoms with Gasteiger partial charge in [-0.3, -0.25) is 0 Å². The van der Waals surface area contributed by atoms with Crippen molar-refractivity contribution in [2.75, 3.05) is 13.1 Å². The molecule has 0 amide bonds. The van der Waals surface area contributed by atoms with Gasteiger partial charge in [0.25, 0.3) is 0 Å². The van der Waals surface area contributed by atoms with Gasteiger partial charge in [0.05, 0.1) is 4.90 Å². The number of hydrogen-bond acceptors (Lipinski definition) is 2. The SMILES string of the molecule is C[C@H]1CN2C[C@H]1Cc1ccccc1S2(=O)=O. The number of fused-ring (bicyclic) bond motifs is 3. The molecule has 1 saturated heterocycles. The van der Waals surface area contributed by atoms with Crippen LogP contribution in [0.15, 0.2) is 29.2 Å². The van der Waals surface area contributed by atoms with E-state index in [1.54, 1.807) is 16.4 Å². The topological polar surface area (TPSA) is 37.4 Å². The Labute approximate surface area is 96.1 Å². The highest BCUT2D eigenvalue weighted by atomic mass is 32.2. The normalized spacial score (nSPS) is 35.4. The van der Waals surface area contributed by atoms with Gasteiger partial charge in [0.1, 0.15) is 0 Å². The summed E-state index contributed by atoms with van der Waals surface area (Å²) in [6, 6.07) is 7.41. The molecule has 3 atom stereocenters. The minimum atomic E-state index is -3.23. The van der Waals surface area contributed by atoms with Crippen LogP contribution in [-0.2, 0) is 16.4 Å². The molecule has 0 N–H and O–H groups in total. The average molecular weight is 237 g/mol. The van der Waals surface area contributed by atoms with Crippen LogP contribution >= 0.6 is 0 Å². The highest BCUT2D eigenvalue weighted by Gasteiger charge is 2.41. The molecular formula is C12H15NO2S. The second-order valence-corrected chi connectivity index (χ2v) is 6.78. The van der Waals surface area contributed by atoms with E-state index in [-0.39, 0.29) is 0 Å². The minimum Gasteiger partial charge on any atom is -0.207 e. The third kappa shape index (κ3) is 1.33. The van der Waals surface area contributed by atoms with Gasteiger partial charge in [-0.05, 0) is 29.9 Å². The molecule has 16 heavy (non-hydrogen) atoms. The third-order valence-corrected chi connectivity index (χ3v) is 5.74. The van der Waals surface area contributed by atoms with Crippen LogP contribution in [0.25, 0.3) is 0 Å². The lowest BCUT2D eigenvalue weighted by atomic mass is 9.91. The first-order chi connectivity index (χ1) is 7.59. The zero-order valence-electron chi connectivity index (χ0n) is 9.26. The summed E-state index contributed by atoms with van der Waals surface area (Å²) < 4.78 is 26.4. The quantitative estimate of drug-likeness (QED) is 0.685. The van der Waals surface area contributed by atoms with Gasteiger partial charge in [-0.2, -0.15) is 4.31 Å². The van der Waals surface area contributed by atoms with Crippen molar-refractivity contribution in [3.63, 3.8) is 0 Å². The number of nitrogens with zero attached hydrogens (tertiary/aromatic N) is 1. The number of benzene rings is 1. The Kier molecular flexibility index (Phi) is 2.13. The average Bonchev–Trinajstić information content (AvgIpc) is 2.56. The predicted molar refractivity (Wildman–Crippen MR) is 61.6 cm³/mol. The maximum absolute atomic E-state index is 12.4. The largest absolute Gasteiger partial charge is 0.243 e. The predicted octanol–water partition coefficient (Wildman–Crippen LogP) is 1.50. The van der Waals surface area contributed by atoms with Gasteiger partial charge in [0.2, 0.25) is 10.0 Å². The zero-order valence-corrected chi connectivity index (χ0v) is 10.1. The molecule has 1 unspecified atom stereocenters. The molecule has 1 aromatic rings. The van der Waals surface area contributed by atoms with Gasteiger partial charge >= 0.3 is 0 Å². The highest BCUT2D eigenvalue weighted by Crippen LogP contribution is 2.36. The van der Waals surface area contributed by atoms with Crippen LogP contribution in [0.2, 0.25) is 0 Å². The van der Waals surface area contributed by atoms with Gasteiger partial charge in [0.15, 0.2) is 0 Å². The minimum absolute atomic E-state index is 0.475. The molecule has 1 aromatic carbocycles. The van der Waals surface area contributed by atoms with E-state index < -0.39 is 10.0 Å². The molecule has 0 aromatic heterocycles. The van der Waals surface area contributed by atoms with E-state index in [4.69, 9.17) is 0 Å². The fraction of sp³-hybridized carbons (Fsp3) is 0.500. The Hall–Kier alpha value is -0.870. The van der Waals surface area contributed by atoms with Crippen molar-refractivity contribution in [3.05, 3.63) is 29.8 Å². The fourth-order valence-corrected chi connectivity index (χ4v) is 4.62. The third-order valence-electron chi connectivity index (χ3n) is 3.81. The number of hydrogen-bond donors (Lipinski definition) is 0. The summed E-state index contributed by atoms with van der Waals surface area (Å²) in [6.45, 7) is 3.52. The second kappa shape index (κ2) is 3.31. The Bertz CT molecular complexity index is 524. The zero-order chi connectivity index (χ0) is 11.3.